The molecule has 80 valence electrons. The second-order valence-electron chi connectivity index (χ2n) is 3.76. The molecule has 1 aromatic carbocycles. The van der Waals surface area contributed by atoms with Crippen LogP contribution >= 0.6 is 15.9 Å². The molecule has 1 saturated heterocycles. The van der Waals surface area contributed by atoms with Gasteiger partial charge in [-0.3, -0.25) is 4.79 Å². The Morgan fingerprint density at radius 2 is 2.27 bits per heavy atom. The van der Waals surface area contributed by atoms with Crippen LogP contribution in [0.1, 0.15) is 5.56 Å². The molecule has 4 heteroatoms. The first kappa shape index (κ1) is 10.6. The van der Waals surface area contributed by atoms with E-state index in [0.717, 1.165) is 28.8 Å². The number of benzene rings is 1. The molecule has 2 N–H and O–H groups in total. The van der Waals surface area contributed by atoms with Gasteiger partial charge in [-0.1, -0.05) is 22.0 Å². The molecule has 0 bridgehead atoms. The van der Waals surface area contributed by atoms with Gasteiger partial charge in [0, 0.05) is 23.2 Å². The van der Waals surface area contributed by atoms with Gasteiger partial charge in [-0.15, -0.1) is 0 Å². The highest BCUT2D eigenvalue weighted by atomic mass is 79.9. The molecule has 0 unspecified atom stereocenters. The van der Waals surface area contributed by atoms with Crippen molar-refractivity contribution < 1.29 is 4.79 Å². The molecule has 1 aliphatic rings. The standard InChI is InChI=1S/C11H13BrN2O/c1-7-9(12)3-2-4-10(7)14-11(15)8-5-13-6-8/h2-4,8,13H,5-6H2,1H3,(H,14,15). The van der Waals surface area contributed by atoms with Crippen LogP contribution in [-0.2, 0) is 4.79 Å². The zero-order chi connectivity index (χ0) is 10.8. The Morgan fingerprint density at radius 1 is 1.53 bits per heavy atom. The van der Waals surface area contributed by atoms with Gasteiger partial charge in [-0.05, 0) is 24.6 Å². The van der Waals surface area contributed by atoms with Crippen LogP contribution in [0, 0.1) is 12.8 Å². The second kappa shape index (κ2) is 4.33. The van der Waals surface area contributed by atoms with Crippen LogP contribution in [0.15, 0.2) is 22.7 Å². The molecule has 0 spiro atoms. The van der Waals surface area contributed by atoms with Crippen LogP contribution in [0.5, 0.6) is 0 Å². The van der Waals surface area contributed by atoms with Gasteiger partial charge in [0.1, 0.15) is 0 Å². The summed E-state index contributed by atoms with van der Waals surface area (Å²) >= 11 is 3.44. The Morgan fingerprint density at radius 3 is 2.87 bits per heavy atom. The zero-order valence-electron chi connectivity index (χ0n) is 8.51. The van der Waals surface area contributed by atoms with E-state index in [9.17, 15) is 4.79 Å². The van der Waals surface area contributed by atoms with Crippen LogP contribution in [0.3, 0.4) is 0 Å². The van der Waals surface area contributed by atoms with E-state index < -0.39 is 0 Å². The summed E-state index contributed by atoms with van der Waals surface area (Å²) in [5.41, 5.74) is 1.96. The highest BCUT2D eigenvalue weighted by molar-refractivity contribution is 9.10. The summed E-state index contributed by atoms with van der Waals surface area (Å²) < 4.78 is 1.02. The topological polar surface area (TPSA) is 41.1 Å². The van der Waals surface area contributed by atoms with Gasteiger partial charge in [-0.2, -0.15) is 0 Å². The number of halogens is 1. The van der Waals surface area contributed by atoms with Crippen LogP contribution in [0.4, 0.5) is 5.69 Å². The van der Waals surface area contributed by atoms with Crippen molar-refractivity contribution in [2.75, 3.05) is 18.4 Å². The Labute approximate surface area is 97.4 Å². The minimum atomic E-state index is 0.106. The summed E-state index contributed by atoms with van der Waals surface area (Å²) in [7, 11) is 0. The molecule has 1 heterocycles. The van der Waals surface area contributed by atoms with E-state index in [2.05, 4.69) is 26.6 Å². The summed E-state index contributed by atoms with van der Waals surface area (Å²) in [5, 5.41) is 6.03. The average Bonchev–Trinajstić information content (AvgIpc) is 2.10. The predicted molar refractivity (Wildman–Crippen MR) is 63.9 cm³/mol. The van der Waals surface area contributed by atoms with Crippen molar-refractivity contribution in [2.24, 2.45) is 5.92 Å². The lowest BCUT2D eigenvalue weighted by molar-refractivity contribution is -0.121. The van der Waals surface area contributed by atoms with Crippen molar-refractivity contribution >= 4 is 27.5 Å². The molecular weight excluding hydrogens is 256 g/mol. The van der Waals surface area contributed by atoms with Crippen molar-refractivity contribution in [2.45, 2.75) is 6.92 Å². The Bertz CT molecular complexity index is 388. The lowest BCUT2D eigenvalue weighted by Gasteiger charge is -2.26. The number of amides is 1. The summed E-state index contributed by atoms with van der Waals surface area (Å²) in [6.45, 7) is 3.57. The molecule has 1 fully saturated rings. The maximum Gasteiger partial charge on any atom is 0.230 e. The van der Waals surface area contributed by atoms with Gasteiger partial charge in [0.25, 0.3) is 0 Å². The number of carbonyl (C=O) groups is 1. The Balaban J connectivity index is 2.09. The van der Waals surface area contributed by atoms with Crippen LogP contribution < -0.4 is 10.6 Å². The molecule has 0 saturated carbocycles. The van der Waals surface area contributed by atoms with Crippen LogP contribution in [0.25, 0.3) is 0 Å². The predicted octanol–water partition coefficient (Wildman–Crippen LogP) is 1.92. The smallest absolute Gasteiger partial charge is 0.230 e. The van der Waals surface area contributed by atoms with Crippen molar-refractivity contribution in [3.8, 4) is 0 Å². The van der Waals surface area contributed by atoms with Gasteiger partial charge < -0.3 is 10.6 Å². The van der Waals surface area contributed by atoms with Crippen LogP contribution in [-0.4, -0.2) is 19.0 Å². The maximum atomic E-state index is 11.7. The van der Waals surface area contributed by atoms with Gasteiger partial charge in [0.15, 0.2) is 0 Å². The Kier molecular flexibility index (Phi) is 3.07. The van der Waals surface area contributed by atoms with E-state index in [4.69, 9.17) is 0 Å². The number of anilines is 1. The van der Waals surface area contributed by atoms with E-state index in [1.165, 1.54) is 0 Å². The van der Waals surface area contributed by atoms with Gasteiger partial charge in [0.2, 0.25) is 5.91 Å². The highest BCUT2D eigenvalue weighted by Crippen LogP contribution is 2.24. The molecule has 1 amide bonds. The molecule has 15 heavy (non-hydrogen) atoms. The van der Waals surface area contributed by atoms with Gasteiger partial charge >= 0.3 is 0 Å². The molecule has 2 rings (SSSR count). The van der Waals surface area contributed by atoms with E-state index in [-0.39, 0.29) is 11.8 Å². The third-order valence-corrected chi connectivity index (χ3v) is 3.54. The number of nitrogens with one attached hydrogen (secondary N) is 2. The van der Waals surface area contributed by atoms with Crippen LogP contribution in [0.2, 0.25) is 0 Å². The van der Waals surface area contributed by atoms with Crippen molar-refractivity contribution in [3.05, 3.63) is 28.2 Å². The number of carbonyl (C=O) groups excluding carboxylic acids is 1. The minimum Gasteiger partial charge on any atom is -0.325 e. The molecule has 0 radical (unpaired) electrons. The summed E-state index contributed by atoms with van der Waals surface area (Å²) in [4.78, 5) is 11.7. The molecule has 1 aliphatic heterocycles. The lowest BCUT2D eigenvalue weighted by Crippen LogP contribution is -2.48. The summed E-state index contributed by atoms with van der Waals surface area (Å²) in [6.07, 6.45) is 0. The largest absolute Gasteiger partial charge is 0.325 e. The first-order chi connectivity index (χ1) is 7.18. The molecule has 0 aromatic heterocycles. The lowest BCUT2D eigenvalue weighted by atomic mass is 10.0. The number of hydrogen-bond acceptors (Lipinski definition) is 2. The number of hydrogen-bond donors (Lipinski definition) is 2. The highest BCUT2D eigenvalue weighted by Gasteiger charge is 2.25. The third kappa shape index (κ3) is 2.21. The van der Waals surface area contributed by atoms with Crippen molar-refractivity contribution in [3.63, 3.8) is 0 Å². The zero-order valence-corrected chi connectivity index (χ0v) is 10.1. The van der Waals surface area contributed by atoms with E-state index in [1.54, 1.807) is 0 Å². The number of rotatable bonds is 2. The first-order valence-electron chi connectivity index (χ1n) is 4.95. The molecule has 0 aliphatic carbocycles. The maximum absolute atomic E-state index is 11.7. The fraction of sp³-hybridized carbons (Fsp3) is 0.364. The van der Waals surface area contributed by atoms with Crippen molar-refractivity contribution in [1.82, 2.24) is 5.32 Å². The molecule has 0 atom stereocenters. The summed E-state index contributed by atoms with van der Waals surface area (Å²) in [5.74, 6) is 0.235. The molecule has 1 aromatic rings. The SMILES string of the molecule is Cc1c(Br)cccc1NC(=O)C1CNC1. The van der Waals surface area contributed by atoms with Crippen molar-refractivity contribution in [1.29, 1.82) is 0 Å². The molecule has 3 nitrogen and oxygen atoms in total. The first-order valence-corrected chi connectivity index (χ1v) is 5.74. The van der Waals surface area contributed by atoms with Gasteiger partial charge in [0.05, 0.1) is 5.92 Å². The fourth-order valence-corrected chi connectivity index (χ4v) is 1.82. The van der Waals surface area contributed by atoms with E-state index in [0.29, 0.717) is 0 Å². The van der Waals surface area contributed by atoms with E-state index >= 15 is 0 Å². The Hall–Kier alpha value is -0.870. The third-order valence-electron chi connectivity index (χ3n) is 2.68. The minimum absolute atomic E-state index is 0.106. The normalized spacial score (nSPS) is 15.9. The average molecular weight is 269 g/mol. The second-order valence-corrected chi connectivity index (χ2v) is 4.61. The van der Waals surface area contributed by atoms with E-state index in [1.807, 2.05) is 25.1 Å². The van der Waals surface area contributed by atoms with Gasteiger partial charge in [-0.25, -0.2) is 0 Å². The monoisotopic (exact) mass is 268 g/mol. The summed E-state index contributed by atoms with van der Waals surface area (Å²) in [6, 6.07) is 5.81. The quantitative estimate of drug-likeness (QED) is 0.861. The molecular formula is C11H13BrN2O. The fourth-order valence-electron chi connectivity index (χ4n) is 1.45.